The van der Waals surface area contributed by atoms with Crippen LogP contribution in [0.5, 0.6) is 5.75 Å². The molecule has 0 heterocycles. The molecule has 2 N–H and O–H groups in total. The van der Waals surface area contributed by atoms with Gasteiger partial charge < -0.3 is 10.5 Å². The van der Waals surface area contributed by atoms with E-state index < -0.39 is 0 Å². The molecule has 16 heavy (non-hydrogen) atoms. The van der Waals surface area contributed by atoms with E-state index in [9.17, 15) is 0 Å². The van der Waals surface area contributed by atoms with Gasteiger partial charge in [0.1, 0.15) is 5.75 Å². The van der Waals surface area contributed by atoms with Crippen LogP contribution >= 0.6 is 11.8 Å². The second kappa shape index (κ2) is 4.68. The summed E-state index contributed by atoms with van der Waals surface area (Å²) in [5.74, 6) is 0.942. The van der Waals surface area contributed by atoms with E-state index in [0.29, 0.717) is 4.75 Å². The molecule has 88 valence electrons. The van der Waals surface area contributed by atoms with Gasteiger partial charge >= 0.3 is 0 Å². The molecule has 3 heteroatoms. The smallest absolute Gasteiger partial charge is 0.119 e. The standard InChI is InChI=1S/C13H19NOS/c1-10(2)15-11-3-5-12(6-4-11)16-13(9-14)7-8-13/h3-6,10H,7-9,14H2,1-2H3. The van der Waals surface area contributed by atoms with E-state index in [2.05, 4.69) is 12.1 Å². The molecule has 1 aromatic carbocycles. The quantitative estimate of drug-likeness (QED) is 0.855. The van der Waals surface area contributed by atoms with Crippen molar-refractivity contribution in [3.63, 3.8) is 0 Å². The number of nitrogens with two attached hydrogens (primary N) is 1. The average molecular weight is 237 g/mol. The molecule has 1 aliphatic rings. The van der Waals surface area contributed by atoms with Gasteiger partial charge in [-0.1, -0.05) is 0 Å². The third kappa shape index (κ3) is 2.92. The zero-order chi connectivity index (χ0) is 11.6. The highest BCUT2D eigenvalue weighted by Gasteiger charge is 2.42. The summed E-state index contributed by atoms with van der Waals surface area (Å²) < 4.78 is 5.94. The van der Waals surface area contributed by atoms with Gasteiger partial charge in [-0.25, -0.2) is 0 Å². The number of hydrogen-bond donors (Lipinski definition) is 1. The first-order valence-electron chi connectivity index (χ1n) is 5.79. The molecule has 0 radical (unpaired) electrons. The number of benzene rings is 1. The predicted molar refractivity (Wildman–Crippen MR) is 69.1 cm³/mol. The fourth-order valence-corrected chi connectivity index (χ4v) is 2.76. The van der Waals surface area contributed by atoms with Crippen LogP contribution in [0.25, 0.3) is 0 Å². The number of thioether (sulfide) groups is 1. The lowest BCUT2D eigenvalue weighted by Crippen LogP contribution is -2.17. The summed E-state index contributed by atoms with van der Waals surface area (Å²) in [4.78, 5) is 1.29. The molecule has 0 atom stereocenters. The maximum atomic E-state index is 5.77. The van der Waals surface area contributed by atoms with Gasteiger partial charge in [-0.2, -0.15) is 0 Å². The Hall–Kier alpha value is -0.670. The fraction of sp³-hybridized carbons (Fsp3) is 0.538. The van der Waals surface area contributed by atoms with E-state index in [1.165, 1.54) is 17.7 Å². The Bertz CT molecular complexity index is 343. The summed E-state index contributed by atoms with van der Waals surface area (Å²) in [6, 6.07) is 8.32. The maximum Gasteiger partial charge on any atom is 0.119 e. The van der Waals surface area contributed by atoms with E-state index >= 15 is 0 Å². The monoisotopic (exact) mass is 237 g/mol. The van der Waals surface area contributed by atoms with Crippen LogP contribution < -0.4 is 10.5 Å². The van der Waals surface area contributed by atoms with E-state index in [0.717, 1.165) is 12.3 Å². The largest absolute Gasteiger partial charge is 0.491 e. The third-order valence-electron chi connectivity index (χ3n) is 2.71. The molecule has 0 aromatic heterocycles. The molecule has 0 unspecified atom stereocenters. The summed E-state index contributed by atoms with van der Waals surface area (Å²) in [6.45, 7) is 4.86. The van der Waals surface area contributed by atoms with Crippen molar-refractivity contribution in [2.75, 3.05) is 6.54 Å². The van der Waals surface area contributed by atoms with E-state index in [1.807, 2.05) is 37.7 Å². The summed E-state index contributed by atoms with van der Waals surface area (Å²) >= 11 is 1.90. The highest BCUT2D eigenvalue weighted by Crippen LogP contribution is 2.50. The molecule has 0 saturated heterocycles. The van der Waals surface area contributed by atoms with Crippen molar-refractivity contribution >= 4 is 11.8 Å². The van der Waals surface area contributed by atoms with Gasteiger partial charge in [-0.05, 0) is 51.0 Å². The lowest BCUT2D eigenvalue weighted by atomic mass is 10.3. The third-order valence-corrected chi connectivity index (χ3v) is 4.23. The normalized spacial score (nSPS) is 17.5. The van der Waals surface area contributed by atoms with Crippen molar-refractivity contribution in [3.8, 4) is 5.75 Å². The van der Waals surface area contributed by atoms with Gasteiger partial charge in [0.2, 0.25) is 0 Å². The van der Waals surface area contributed by atoms with Crippen LogP contribution in [0, 0.1) is 0 Å². The maximum absolute atomic E-state index is 5.77. The zero-order valence-electron chi connectivity index (χ0n) is 9.90. The lowest BCUT2D eigenvalue weighted by Gasteiger charge is -2.13. The topological polar surface area (TPSA) is 35.2 Å². The minimum Gasteiger partial charge on any atom is -0.491 e. The molecule has 2 nitrogen and oxygen atoms in total. The van der Waals surface area contributed by atoms with E-state index in [1.54, 1.807) is 0 Å². The van der Waals surface area contributed by atoms with Gasteiger partial charge in [0.25, 0.3) is 0 Å². The Kier molecular flexibility index (Phi) is 3.45. The predicted octanol–water partition coefficient (Wildman–Crippen LogP) is 3.06. The molecule has 1 aliphatic carbocycles. The van der Waals surface area contributed by atoms with Crippen LogP contribution in [0.1, 0.15) is 26.7 Å². The molecule has 1 aromatic rings. The second-order valence-electron chi connectivity index (χ2n) is 4.63. The Labute approximate surface area is 102 Å². The number of hydrogen-bond acceptors (Lipinski definition) is 3. The van der Waals surface area contributed by atoms with Crippen LogP contribution in [0.3, 0.4) is 0 Å². The van der Waals surface area contributed by atoms with E-state index in [-0.39, 0.29) is 6.10 Å². The van der Waals surface area contributed by atoms with Crippen molar-refractivity contribution in [3.05, 3.63) is 24.3 Å². The van der Waals surface area contributed by atoms with Crippen molar-refractivity contribution in [2.45, 2.75) is 42.4 Å². The van der Waals surface area contributed by atoms with Gasteiger partial charge in [0, 0.05) is 16.2 Å². The average Bonchev–Trinajstić information content (AvgIpc) is 3.01. The molecule has 0 bridgehead atoms. The lowest BCUT2D eigenvalue weighted by molar-refractivity contribution is 0.242. The Morgan fingerprint density at radius 1 is 1.31 bits per heavy atom. The van der Waals surface area contributed by atoms with Crippen LogP contribution in [0.2, 0.25) is 0 Å². The van der Waals surface area contributed by atoms with Crippen LogP contribution in [0.4, 0.5) is 0 Å². The summed E-state index contributed by atoms with van der Waals surface area (Å²) in [5, 5.41) is 0. The summed E-state index contributed by atoms with van der Waals surface area (Å²) in [6.07, 6.45) is 2.73. The minimum atomic E-state index is 0.234. The highest BCUT2D eigenvalue weighted by atomic mass is 32.2. The van der Waals surface area contributed by atoms with Gasteiger partial charge in [0.05, 0.1) is 6.10 Å². The molecular weight excluding hydrogens is 218 g/mol. The van der Waals surface area contributed by atoms with Crippen LogP contribution in [-0.4, -0.2) is 17.4 Å². The van der Waals surface area contributed by atoms with Gasteiger partial charge in [0.15, 0.2) is 0 Å². The van der Waals surface area contributed by atoms with Crippen molar-refractivity contribution in [1.82, 2.24) is 0 Å². The Morgan fingerprint density at radius 3 is 2.38 bits per heavy atom. The summed E-state index contributed by atoms with van der Waals surface area (Å²) in [5.41, 5.74) is 5.77. The highest BCUT2D eigenvalue weighted by molar-refractivity contribution is 8.01. The number of ether oxygens (including phenoxy) is 1. The first-order valence-corrected chi connectivity index (χ1v) is 6.61. The van der Waals surface area contributed by atoms with E-state index in [4.69, 9.17) is 10.5 Å². The second-order valence-corrected chi connectivity index (χ2v) is 6.17. The zero-order valence-corrected chi connectivity index (χ0v) is 10.7. The van der Waals surface area contributed by atoms with Gasteiger partial charge in [-0.3, -0.25) is 0 Å². The van der Waals surface area contributed by atoms with Crippen LogP contribution in [0.15, 0.2) is 29.2 Å². The van der Waals surface area contributed by atoms with Crippen molar-refractivity contribution in [2.24, 2.45) is 5.73 Å². The van der Waals surface area contributed by atoms with Gasteiger partial charge in [-0.15, -0.1) is 11.8 Å². The minimum absolute atomic E-state index is 0.234. The molecule has 0 amide bonds. The first-order chi connectivity index (χ1) is 7.63. The summed E-state index contributed by atoms with van der Waals surface area (Å²) in [7, 11) is 0. The number of rotatable bonds is 5. The van der Waals surface area contributed by atoms with Crippen LogP contribution in [-0.2, 0) is 0 Å². The first kappa shape index (κ1) is 11.8. The molecule has 0 spiro atoms. The fourth-order valence-electron chi connectivity index (χ4n) is 1.60. The Morgan fingerprint density at radius 2 is 1.94 bits per heavy atom. The molecule has 0 aliphatic heterocycles. The van der Waals surface area contributed by atoms with Crippen molar-refractivity contribution in [1.29, 1.82) is 0 Å². The molecule has 1 saturated carbocycles. The SMILES string of the molecule is CC(C)Oc1ccc(SC2(CN)CC2)cc1. The van der Waals surface area contributed by atoms with Crippen molar-refractivity contribution < 1.29 is 4.74 Å². The Balaban J connectivity index is 1.97. The molecule has 1 fully saturated rings. The molecule has 2 rings (SSSR count). The molecular formula is C13H19NOS.